The average molecular weight is 229 g/mol. The van der Waals surface area contributed by atoms with Crippen LogP contribution in [0.1, 0.15) is 17.2 Å². The number of rotatable bonds is 3. The highest BCUT2D eigenvalue weighted by Crippen LogP contribution is 2.13. The van der Waals surface area contributed by atoms with E-state index in [1.165, 1.54) is 4.57 Å². The first-order chi connectivity index (χ1) is 8.16. The van der Waals surface area contributed by atoms with E-state index in [4.69, 9.17) is 0 Å². The second-order valence-corrected chi connectivity index (χ2v) is 4.12. The summed E-state index contributed by atoms with van der Waals surface area (Å²) in [5.41, 5.74) is 1.67. The zero-order chi connectivity index (χ0) is 12.3. The SMILES string of the molecule is Cc1ccn(CC(O)c2ccccc2)c(=O)c1. The van der Waals surface area contributed by atoms with Crippen LogP contribution in [-0.4, -0.2) is 9.67 Å². The normalized spacial score (nSPS) is 12.4. The molecule has 0 saturated carbocycles. The fourth-order valence-electron chi connectivity index (χ4n) is 1.72. The number of hydrogen-bond donors (Lipinski definition) is 1. The van der Waals surface area contributed by atoms with Gasteiger partial charge in [0.1, 0.15) is 0 Å². The van der Waals surface area contributed by atoms with Gasteiger partial charge in [-0.2, -0.15) is 0 Å². The van der Waals surface area contributed by atoms with Crippen LogP contribution in [0.3, 0.4) is 0 Å². The highest BCUT2D eigenvalue weighted by molar-refractivity contribution is 5.17. The van der Waals surface area contributed by atoms with Crippen LogP contribution in [0.25, 0.3) is 0 Å². The molecule has 1 aromatic heterocycles. The summed E-state index contributed by atoms with van der Waals surface area (Å²) in [6.45, 7) is 2.16. The van der Waals surface area contributed by atoms with Crippen LogP contribution >= 0.6 is 0 Å². The van der Waals surface area contributed by atoms with Crippen molar-refractivity contribution in [3.05, 3.63) is 70.1 Å². The molecule has 1 N–H and O–H groups in total. The number of nitrogens with zero attached hydrogens (tertiary/aromatic N) is 1. The number of aliphatic hydroxyl groups excluding tert-OH is 1. The molecule has 1 aromatic carbocycles. The predicted molar refractivity (Wildman–Crippen MR) is 66.8 cm³/mol. The Morgan fingerprint density at radius 2 is 1.94 bits per heavy atom. The van der Waals surface area contributed by atoms with Crippen molar-refractivity contribution in [3.63, 3.8) is 0 Å². The average Bonchev–Trinajstić information content (AvgIpc) is 2.34. The molecular formula is C14H15NO2. The van der Waals surface area contributed by atoms with Gasteiger partial charge in [0.15, 0.2) is 0 Å². The van der Waals surface area contributed by atoms with Crippen molar-refractivity contribution in [2.75, 3.05) is 0 Å². The summed E-state index contributed by atoms with van der Waals surface area (Å²) < 4.78 is 1.52. The Morgan fingerprint density at radius 3 is 2.59 bits per heavy atom. The first-order valence-corrected chi connectivity index (χ1v) is 5.57. The van der Waals surface area contributed by atoms with E-state index in [-0.39, 0.29) is 12.1 Å². The van der Waals surface area contributed by atoms with Crippen molar-refractivity contribution in [2.24, 2.45) is 0 Å². The third kappa shape index (κ3) is 2.82. The molecule has 0 radical (unpaired) electrons. The van der Waals surface area contributed by atoms with E-state index in [9.17, 15) is 9.90 Å². The van der Waals surface area contributed by atoms with Gasteiger partial charge in [-0.25, -0.2) is 0 Å². The number of aliphatic hydroxyl groups is 1. The first kappa shape index (κ1) is 11.6. The van der Waals surface area contributed by atoms with E-state index >= 15 is 0 Å². The van der Waals surface area contributed by atoms with Crippen LogP contribution in [0.4, 0.5) is 0 Å². The first-order valence-electron chi connectivity index (χ1n) is 5.57. The smallest absolute Gasteiger partial charge is 0.250 e. The van der Waals surface area contributed by atoms with Gasteiger partial charge in [0.05, 0.1) is 12.6 Å². The molecular weight excluding hydrogens is 214 g/mol. The maximum Gasteiger partial charge on any atom is 0.250 e. The molecule has 0 spiro atoms. The lowest BCUT2D eigenvalue weighted by Crippen LogP contribution is -2.22. The summed E-state index contributed by atoms with van der Waals surface area (Å²) in [7, 11) is 0. The highest BCUT2D eigenvalue weighted by Gasteiger charge is 2.08. The van der Waals surface area contributed by atoms with Crippen LogP contribution < -0.4 is 5.56 Å². The van der Waals surface area contributed by atoms with E-state index in [1.54, 1.807) is 12.3 Å². The Kier molecular flexibility index (Phi) is 3.40. The topological polar surface area (TPSA) is 42.2 Å². The molecule has 0 saturated heterocycles. The standard InChI is InChI=1S/C14H15NO2/c1-11-7-8-15(14(17)9-11)10-13(16)12-5-3-2-4-6-12/h2-9,13,16H,10H2,1H3. The van der Waals surface area contributed by atoms with Gasteiger partial charge in [-0.1, -0.05) is 30.3 Å². The van der Waals surface area contributed by atoms with Gasteiger partial charge >= 0.3 is 0 Å². The zero-order valence-electron chi connectivity index (χ0n) is 9.71. The fraction of sp³-hybridized carbons (Fsp3) is 0.214. The lowest BCUT2D eigenvalue weighted by Gasteiger charge is -2.12. The van der Waals surface area contributed by atoms with Crippen LogP contribution in [-0.2, 0) is 6.54 Å². The Hall–Kier alpha value is -1.87. The van der Waals surface area contributed by atoms with Gasteiger partial charge in [0, 0.05) is 12.3 Å². The van der Waals surface area contributed by atoms with Crippen molar-refractivity contribution in [1.29, 1.82) is 0 Å². The monoisotopic (exact) mass is 229 g/mol. The predicted octanol–water partition coefficient (Wildman–Crippen LogP) is 1.89. The van der Waals surface area contributed by atoms with E-state index in [2.05, 4.69) is 0 Å². The van der Waals surface area contributed by atoms with Crippen LogP contribution in [0.2, 0.25) is 0 Å². The minimum absolute atomic E-state index is 0.0834. The summed E-state index contributed by atoms with van der Waals surface area (Å²) in [5, 5.41) is 10.0. The lowest BCUT2D eigenvalue weighted by molar-refractivity contribution is 0.155. The van der Waals surface area contributed by atoms with Gasteiger partial charge in [0.25, 0.3) is 5.56 Å². The van der Waals surface area contributed by atoms with E-state index in [0.717, 1.165) is 11.1 Å². The molecule has 0 bridgehead atoms. The van der Waals surface area contributed by atoms with Crippen molar-refractivity contribution in [2.45, 2.75) is 19.6 Å². The molecule has 0 aliphatic rings. The highest BCUT2D eigenvalue weighted by atomic mass is 16.3. The van der Waals surface area contributed by atoms with E-state index in [1.807, 2.05) is 43.3 Å². The van der Waals surface area contributed by atoms with Gasteiger partial charge in [-0.05, 0) is 24.1 Å². The summed E-state index contributed by atoms with van der Waals surface area (Å²) in [6.07, 6.45) is 1.06. The molecule has 1 heterocycles. The fourth-order valence-corrected chi connectivity index (χ4v) is 1.72. The maximum atomic E-state index is 11.7. The van der Waals surface area contributed by atoms with Crippen molar-refractivity contribution < 1.29 is 5.11 Å². The molecule has 88 valence electrons. The molecule has 1 unspecified atom stereocenters. The van der Waals surface area contributed by atoms with E-state index < -0.39 is 6.10 Å². The quantitative estimate of drug-likeness (QED) is 0.873. The van der Waals surface area contributed by atoms with Crippen LogP contribution in [0.15, 0.2) is 53.5 Å². The van der Waals surface area contributed by atoms with Crippen molar-refractivity contribution in [1.82, 2.24) is 4.57 Å². The lowest BCUT2D eigenvalue weighted by atomic mass is 10.1. The summed E-state index contributed by atoms with van der Waals surface area (Å²) >= 11 is 0. The van der Waals surface area contributed by atoms with Gasteiger partial charge in [0.2, 0.25) is 0 Å². The summed E-state index contributed by atoms with van der Waals surface area (Å²) in [5.74, 6) is 0. The minimum atomic E-state index is -0.656. The number of aromatic nitrogens is 1. The van der Waals surface area contributed by atoms with Gasteiger partial charge in [-0.15, -0.1) is 0 Å². The number of benzene rings is 1. The van der Waals surface area contributed by atoms with Crippen molar-refractivity contribution >= 4 is 0 Å². The number of pyridine rings is 1. The second kappa shape index (κ2) is 4.97. The Morgan fingerprint density at radius 1 is 1.24 bits per heavy atom. The van der Waals surface area contributed by atoms with E-state index in [0.29, 0.717) is 0 Å². The summed E-state index contributed by atoms with van der Waals surface area (Å²) in [4.78, 5) is 11.7. The molecule has 0 aliphatic carbocycles. The third-order valence-corrected chi connectivity index (χ3v) is 2.71. The molecule has 2 rings (SSSR count). The second-order valence-electron chi connectivity index (χ2n) is 4.12. The van der Waals surface area contributed by atoms with Crippen LogP contribution in [0, 0.1) is 6.92 Å². The Labute approximate surface area is 100.0 Å². The van der Waals surface area contributed by atoms with Gasteiger partial charge in [-0.3, -0.25) is 4.79 Å². The van der Waals surface area contributed by atoms with Crippen molar-refractivity contribution in [3.8, 4) is 0 Å². The van der Waals surface area contributed by atoms with Gasteiger partial charge < -0.3 is 9.67 Å². The molecule has 3 nitrogen and oxygen atoms in total. The molecule has 3 heteroatoms. The number of hydrogen-bond acceptors (Lipinski definition) is 2. The molecule has 1 atom stereocenters. The molecule has 2 aromatic rings. The van der Waals surface area contributed by atoms with Crippen LogP contribution in [0.5, 0.6) is 0 Å². The Bertz CT molecular complexity index is 546. The zero-order valence-corrected chi connectivity index (χ0v) is 9.71. The summed E-state index contributed by atoms with van der Waals surface area (Å²) in [6, 6.07) is 12.8. The minimum Gasteiger partial charge on any atom is -0.387 e. The Balaban J connectivity index is 2.19. The maximum absolute atomic E-state index is 11.7. The molecule has 0 aliphatic heterocycles. The molecule has 0 fully saturated rings. The largest absolute Gasteiger partial charge is 0.387 e. The third-order valence-electron chi connectivity index (χ3n) is 2.71. The molecule has 17 heavy (non-hydrogen) atoms. The molecule has 0 amide bonds. The number of aryl methyl sites for hydroxylation is 1.